The van der Waals surface area contributed by atoms with Crippen molar-refractivity contribution in [3.63, 3.8) is 0 Å². The minimum atomic E-state index is -0.965. The molecule has 1 N–H and O–H groups in total. The fourth-order valence-corrected chi connectivity index (χ4v) is 2.02. The molecule has 0 fully saturated rings. The number of benzene rings is 2. The van der Waals surface area contributed by atoms with Crippen molar-refractivity contribution in [1.82, 2.24) is 0 Å². The molecule has 0 aliphatic carbocycles. The van der Waals surface area contributed by atoms with Crippen LogP contribution in [0.15, 0.2) is 36.4 Å². The van der Waals surface area contributed by atoms with Gasteiger partial charge in [-0.2, -0.15) is 0 Å². The van der Waals surface area contributed by atoms with Crippen LogP contribution in [0.2, 0.25) is 0 Å². The zero-order valence-corrected chi connectivity index (χ0v) is 11.9. The number of carboxylic acids is 1. The summed E-state index contributed by atoms with van der Waals surface area (Å²) in [5, 5.41) is 8.62. The molecular formula is C16H12O7. The summed E-state index contributed by atoms with van der Waals surface area (Å²) in [7, 11) is 0. The maximum Gasteiger partial charge on any atom is 0.335 e. The Balaban J connectivity index is 0.000000136. The molecule has 7 heteroatoms. The number of hydrogen-bond donors (Lipinski definition) is 1. The SMILES string of the molecule is O=C(O)c1ccc2c(c1)OCO2.O=Cc1ccc2c(c1)OCO2. The third-order valence-electron chi connectivity index (χ3n) is 3.15. The van der Waals surface area contributed by atoms with Gasteiger partial charge in [-0.3, -0.25) is 4.79 Å². The van der Waals surface area contributed by atoms with E-state index in [4.69, 9.17) is 24.1 Å². The van der Waals surface area contributed by atoms with E-state index >= 15 is 0 Å². The molecule has 2 aliphatic heterocycles. The van der Waals surface area contributed by atoms with E-state index in [0.29, 0.717) is 28.6 Å². The number of carbonyl (C=O) groups excluding carboxylic acids is 1. The maximum absolute atomic E-state index is 10.5. The highest BCUT2D eigenvalue weighted by molar-refractivity contribution is 5.88. The topological polar surface area (TPSA) is 91.3 Å². The van der Waals surface area contributed by atoms with Gasteiger partial charge in [-0.15, -0.1) is 0 Å². The third-order valence-corrected chi connectivity index (χ3v) is 3.15. The molecule has 0 aromatic heterocycles. The standard InChI is InChI=1S/C8H6O4.C8H6O3/c9-8(10)5-1-2-6-7(3-5)12-4-11-6;9-4-6-1-2-7-8(3-6)11-5-10-7/h1-3H,4H2,(H,9,10);1-4H,5H2. The summed E-state index contributed by atoms with van der Waals surface area (Å²) < 4.78 is 20.1. The van der Waals surface area contributed by atoms with Crippen molar-refractivity contribution < 1.29 is 33.6 Å². The fourth-order valence-electron chi connectivity index (χ4n) is 2.02. The zero-order valence-electron chi connectivity index (χ0n) is 11.9. The number of aromatic carboxylic acids is 1. The molecule has 2 aromatic carbocycles. The number of fused-ring (bicyclic) bond motifs is 2. The Morgan fingerprint density at radius 1 is 0.870 bits per heavy atom. The van der Waals surface area contributed by atoms with Crippen LogP contribution in [0.4, 0.5) is 0 Å². The number of rotatable bonds is 2. The molecule has 7 nitrogen and oxygen atoms in total. The van der Waals surface area contributed by atoms with E-state index in [0.717, 1.165) is 6.29 Å². The molecule has 4 rings (SSSR count). The highest BCUT2D eigenvalue weighted by Gasteiger charge is 2.15. The molecule has 118 valence electrons. The van der Waals surface area contributed by atoms with Gasteiger partial charge in [0.2, 0.25) is 13.6 Å². The molecule has 0 unspecified atom stereocenters. The van der Waals surface area contributed by atoms with Crippen LogP contribution in [-0.4, -0.2) is 30.9 Å². The van der Waals surface area contributed by atoms with E-state index in [1.165, 1.54) is 12.1 Å². The average Bonchev–Trinajstić information content (AvgIpc) is 3.22. The van der Waals surface area contributed by atoms with E-state index in [9.17, 15) is 9.59 Å². The lowest BCUT2D eigenvalue weighted by Gasteiger charge is -1.96. The van der Waals surface area contributed by atoms with Crippen molar-refractivity contribution in [2.45, 2.75) is 0 Å². The molecule has 0 radical (unpaired) electrons. The number of carbonyl (C=O) groups is 2. The summed E-state index contributed by atoms with van der Waals surface area (Å²) in [5.74, 6) is 1.48. The molecule has 0 bridgehead atoms. The Morgan fingerprint density at radius 3 is 2.04 bits per heavy atom. The van der Waals surface area contributed by atoms with Crippen molar-refractivity contribution in [2.24, 2.45) is 0 Å². The Labute approximate surface area is 131 Å². The van der Waals surface area contributed by atoms with Crippen LogP contribution in [0.5, 0.6) is 23.0 Å². The second kappa shape index (κ2) is 6.27. The number of aldehydes is 1. The van der Waals surface area contributed by atoms with Crippen LogP contribution in [-0.2, 0) is 0 Å². The summed E-state index contributed by atoms with van der Waals surface area (Å²) in [6.45, 7) is 0.413. The molecule has 23 heavy (non-hydrogen) atoms. The van der Waals surface area contributed by atoms with Crippen molar-refractivity contribution in [3.8, 4) is 23.0 Å². The lowest BCUT2D eigenvalue weighted by Crippen LogP contribution is -1.95. The third kappa shape index (κ3) is 3.18. The molecule has 0 amide bonds. The van der Waals surface area contributed by atoms with Gasteiger partial charge in [-0.05, 0) is 36.4 Å². The van der Waals surface area contributed by atoms with E-state index in [1.807, 2.05) is 0 Å². The average molecular weight is 316 g/mol. The van der Waals surface area contributed by atoms with Crippen molar-refractivity contribution in [1.29, 1.82) is 0 Å². The van der Waals surface area contributed by atoms with Gasteiger partial charge in [-0.25, -0.2) is 4.79 Å². The van der Waals surface area contributed by atoms with Crippen LogP contribution >= 0.6 is 0 Å². The first-order valence-electron chi connectivity index (χ1n) is 6.65. The number of hydrogen-bond acceptors (Lipinski definition) is 6. The van der Waals surface area contributed by atoms with Gasteiger partial charge < -0.3 is 24.1 Å². The first-order chi connectivity index (χ1) is 11.2. The summed E-state index contributed by atoms with van der Waals surface area (Å²) in [4.78, 5) is 20.8. The molecule has 0 spiro atoms. The molecule has 2 aromatic rings. The quantitative estimate of drug-likeness (QED) is 0.850. The smallest absolute Gasteiger partial charge is 0.335 e. The van der Waals surface area contributed by atoms with Gasteiger partial charge in [0, 0.05) is 5.56 Å². The second-order valence-electron chi connectivity index (χ2n) is 4.60. The Kier molecular flexibility index (Phi) is 4.01. The predicted octanol–water partition coefficient (Wildman–Crippen LogP) is 2.34. The normalized spacial score (nSPS) is 13.0. The molecule has 0 atom stereocenters. The number of carboxylic acid groups (broad SMARTS) is 1. The minimum absolute atomic E-state index is 0.165. The first kappa shape index (κ1) is 14.7. The number of ether oxygens (including phenoxy) is 4. The zero-order chi connectivity index (χ0) is 16.2. The van der Waals surface area contributed by atoms with Crippen LogP contribution < -0.4 is 18.9 Å². The van der Waals surface area contributed by atoms with Crippen molar-refractivity contribution >= 4 is 12.3 Å². The van der Waals surface area contributed by atoms with Crippen LogP contribution in [0.25, 0.3) is 0 Å². The van der Waals surface area contributed by atoms with Gasteiger partial charge in [-0.1, -0.05) is 0 Å². The largest absolute Gasteiger partial charge is 0.478 e. The lowest BCUT2D eigenvalue weighted by molar-refractivity contribution is 0.0696. The molecule has 0 saturated carbocycles. The second-order valence-corrected chi connectivity index (χ2v) is 4.60. The highest BCUT2D eigenvalue weighted by atomic mass is 16.7. The fraction of sp³-hybridized carbons (Fsp3) is 0.125. The Morgan fingerprint density at radius 2 is 1.43 bits per heavy atom. The summed E-state index contributed by atoms with van der Waals surface area (Å²) in [6, 6.07) is 9.61. The summed E-state index contributed by atoms with van der Waals surface area (Å²) in [5.41, 5.74) is 0.813. The molecule has 0 saturated heterocycles. The van der Waals surface area contributed by atoms with E-state index in [1.54, 1.807) is 24.3 Å². The predicted molar refractivity (Wildman–Crippen MR) is 77.5 cm³/mol. The van der Waals surface area contributed by atoms with E-state index in [2.05, 4.69) is 0 Å². The first-order valence-corrected chi connectivity index (χ1v) is 6.65. The monoisotopic (exact) mass is 316 g/mol. The lowest BCUT2D eigenvalue weighted by atomic mass is 10.2. The van der Waals surface area contributed by atoms with Gasteiger partial charge in [0.25, 0.3) is 0 Å². The minimum Gasteiger partial charge on any atom is -0.478 e. The van der Waals surface area contributed by atoms with Crippen LogP contribution in [0.1, 0.15) is 20.7 Å². The molecule has 2 heterocycles. The van der Waals surface area contributed by atoms with Gasteiger partial charge in [0.15, 0.2) is 23.0 Å². The van der Waals surface area contributed by atoms with Crippen molar-refractivity contribution in [3.05, 3.63) is 47.5 Å². The van der Waals surface area contributed by atoms with Crippen LogP contribution in [0, 0.1) is 0 Å². The molecule has 2 aliphatic rings. The summed E-state index contributed by atoms with van der Waals surface area (Å²) in [6.07, 6.45) is 0.780. The Bertz CT molecular complexity index is 754. The maximum atomic E-state index is 10.5. The summed E-state index contributed by atoms with van der Waals surface area (Å²) >= 11 is 0. The molecular weight excluding hydrogens is 304 g/mol. The van der Waals surface area contributed by atoms with Gasteiger partial charge >= 0.3 is 5.97 Å². The van der Waals surface area contributed by atoms with E-state index < -0.39 is 5.97 Å². The van der Waals surface area contributed by atoms with E-state index in [-0.39, 0.29) is 19.1 Å². The Hall–Kier alpha value is -3.22. The van der Waals surface area contributed by atoms with Gasteiger partial charge in [0.1, 0.15) is 6.29 Å². The highest BCUT2D eigenvalue weighted by Crippen LogP contribution is 2.32. The van der Waals surface area contributed by atoms with Crippen molar-refractivity contribution in [2.75, 3.05) is 13.6 Å². The van der Waals surface area contributed by atoms with Crippen LogP contribution in [0.3, 0.4) is 0 Å². The van der Waals surface area contributed by atoms with Gasteiger partial charge in [0.05, 0.1) is 5.56 Å².